The van der Waals surface area contributed by atoms with Crippen LogP contribution in [0.5, 0.6) is 5.75 Å². The van der Waals surface area contributed by atoms with E-state index < -0.39 is 0 Å². The molecule has 0 aromatic heterocycles. The van der Waals surface area contributed by atoms with Gasteiger partial charge in [-0.3, -0.25) is 0 Å². The minimum atomic E-state index is 0.824. The molecular weight excluding hydrogens is 715 g/mol. The van der Waals surface area contributed by atoms with Gasteiger partial charge in [-0.15, -0.1) is 0 Å². The molecule has 2 heteroatoms. The van der Waals surface area contributed by atoms with Crippen LogP contribution in [0.2, 0.25) is 0 Å². The van der Waals surface area contributed by atoms with E-state index in [2.05, 4.69) is 223 Å². The quantitative estimate of drug-likeness (QED) is 0.150. The standard InChI is InChI=1S/C57H39NO/c1-59-44-32-29-42(30-33-44)58(54-35-41-23-11-12-24-45(41)46-25-13-15-27-48(46)54)43-31-34-50-53(36-43)47-26-14-16-28-49(47)56-52(39-19-7-3-8-20-39)37-51(38-17-5-2-6-18-38)55(57(50)56)40-21-9-4-10-22-40/h2-37H,1H3. The van der Waals surface area contributed by atoms with Gasteiger partial charge in [0.2, 0.25) is 0 Å². The van der Waals surface area contributed by atoms with E-state index >= 15 is 0 Å². The second kappa shape index (κ2) is 14.4. The first-order valence-corrected chi connectivity index (χ1v) is 20.2. The second-order valence-electron chi connectivity index (χ2n) is 15.2. The number of fused-ring (bicyclic) bond motifs is 9. The van der Waals surface area contributed by atoms with E-state index in [1.54, 1.807) is 7.11 Å². The number of nitrogens with zero attached hydrogens (tertiary/aromatic N) is 1. The lowest BCUT2D eigenvalue weighted by atomic mass is 9.81. The fourth-order valence-electron chi connectivity index (χ4n) is 9.25. The van der Waals surface area contributed by atoms with Crippen LogP contribution < -0.4 is 9.64 Å². The van der Waals surface area contributed by atoms with Crippen molar-refractivity contribution in [2.75, 3.05) is 12.0 Å². The van der Waals surface area contributed by atoms with Crippen LogP contribution >= 0.6 is 0 Å². The summed E-state index contributed by atoms with van der Waals surface area (Å²) >= 11 is 0. The van der Waals surface area contributed by atoms with Gasteiger partial charge in [-0.25, -0.2) is 0 Å². The van der Waals surface area contributed by atoms with Crippen molar-refractivity contribution in [3.05, 3.63) is 218 Å². The highest BCUT2D eigenvalue weighted by atomic mass is 16.5. The maximum absolute atomic E-state index is 5.65. The van der Waals surface area contributed by atoms with Gasteiger partial charge in [0, 0.05) is 16.8 Å². The fourth-order valence-corrected chi connectivity index (χ4v) is 9.25. The van der Waals surface area contributed by atoms with E-state index in [1.165, 1.54) is 87.2 Å². The van der Waals surface area contributed by atoms with Crippen molar-refractivity contribution >= 4 is 70.9 Å². The number of ether oxygens (including phenoxy) is 1. The van der Waals surface area contributed by atoms with Crippen LogP contribution in [0.15, 0.2) is 218 Å². The van der Waals surface area contributed by atoms with Crippen molar-refractivity contribution in [1.29, 1.82) is 0 Å². The zero-order chi connectivity index (χ0) is 39.3. The number of hydrogen-bond donors (Lipinski definition) is 0. The maximum Gasteiger partial charge on any atom is 0.119 e. The van der Waals surface area contributed by atoms with E-state index in [0.29, 0.717) is 0 Å². The molecule has 0 N–H and O–H groups in total. The Kier molecular flexibility index (Phi) is 8.41. The molecule has 278 valence electrons. The van der Waals surface area contributed by atoms with Gasteiger partial charge >= 0.3 is 0 Å². The normalized spacial score (nSPS) is 11.5. The van der Waals surface area contributed by atoms with Crippen LogP contribution in [0.25, 0.3) is 87.2 Å². The molecule has 0 aliphatic carbocycles. The minimum absolute atomic E-state index is 0.824. The van der Waals surface area contributed by atoms with Crippen molar-refractivity contribution in [2.24, 2.45) is 0 Å². The van der Waals surface area contributed by atoms with Crippen molar-refractivity contribution in [1.82, 2.24) is 0 Å². The average molecular weight is 754 g/mol. The number of hydrogen-bond acceptors (Lipinski definition) is 2. The summed E-state index contributed by atoms with van der Waals surface area (Å²) in [6, 6.07) is 79.5. The third kappa shape index (κ3) is 5.80. The van der Waals surface area contributed by atoms with Gasteiger partial charge in [0.15, 0.2) is 0 Å². The van der Waals surface area contributed by atoms with Gasteiger partial charge in [0.25, 0.3) is 0 Å². The number of rotatable bonds is 7. The highest BCUT2D eigenvalue weighted by Crippen LogP contribution is 2.50. The molecular formula is C57H39NO. The lowest BCUT2D eigenvalue weighted by molar-refractivity contribution is 0.415. The molecule has 0 aliphatic rings. The third-order valence-corrected chi connectivity index (χ3v) is 11.9. The molecule has 0 saturated carbocycles. The summed E-state index contributed by atoms with van der Waals surface area (Å²) in [5, 5.41) is 12.3. The molecule has 0 atom stereocenters. The molecule has 0 unspecified atom stereocenters. The Morgan fingerprint density at radius 2 is 0.847 bits per heavy atom. The van der Waals surface area contributed by atoms with Gasteiger partial charge in [-0.2, -0.15) is 0 Å². The Labute approximate surface area is 343 Å². The van der Waals surface area contributed by atoms with Crippen LogP contribution in [0.4, 0.5) is 17.1 Å². The molecule has 59 heavy (non-hydrogen) atoms. The molecule has 11 rings (SSSR count). The minimum Gasteiger partial charge on any atom is -0.497 e. The van der Waals surface area contributed by atoms with Crippen molar-refractivity contribution in [3.63, 3.8) is 0 Å². The van der Waals surface area contributed by atoms with Gasteiger partial charge in [0.05, 0.1) is 12.8 Å². The Bertz CT molecular complexity index is 3340. The van der Waals surface area contributed by atoms with Crippen LogP contribution in [0.1, 0.15) is 0 Å². The van der Waals surface area contributed by atoms with Gasteiger partial charge in [-0.1, -0.05) is 170 Å². The van der Waals surface area contributed by atoms with Crippen LogP contribution in [0, 0.1) is 0 Å². The van der Waals surface area contributed by atoms with E-state index in [-0.39, 0.29) is 0 Å². The highest BCUT2D eigenvalue weighted by Gasteiger charge is 2.23. The first-order chi connectivity index (χ1) is 29.2. The topological polar surface area (TPSA) is 12.5 Å². The zero-order valence-electron chi connectivity index (χ0n) is 32.6. The summed E-state index contributed by atoms with van der Waals surface area (Å²) in [6.07, 6.45) is 0. The van der Waals surface area contributed by atoms with Crippen LogP contribution in [-0.2, 0) is 0 Å². The molecule has 11 aromatic rings. The largest absolute Gasteiger partial charge is 0.497 e. The van der Waals surface area contributed by atoms with Crippen molar-refractivity contribution in [3.8, 4) is 39.1 Å². The summed E-state index contributed by atoms with van der Waals surface area (Å²) in [4.78, 5) is 2.42. The Hall–Kier alpha value is -7.68. The molecule has 0 heterocycles. The zero-order valence-corrected chi connectivity index (χ0v) is 32.6. The van der Waals surface area contributed by atoms with Crippen molar-refractivity contribution < 1.29 is 4.74 Å². The smallest absolute Gasteiger partial charge is 0.119 e. The lowest BCUT2D eigenvalue weighted by Gasteiger charge is -2.28. The summed E-state index contributed by atoms with van der Waals surface area (Å²) in [5.41, 5.74) is 10.5. The predicted octanol–water partition coefficient (Wildman–Crippen LogP) is 15.9. The van der Waals surface area contributed by atoms with Gasteiger partial charge < -0.3 is 9.64 Å². The summed E-state index contributed by atoms with van der Waals surface area (Å²) < 4.78 is 5.65. The Morgan fingerprint density at radius 1 is 0.339 bits per heavy atom. The van der Waals surface area contributed by atoms with Gasteiger partial charge in [0.1, 0.15) is 5.75 Å². The summed E-state index contributed by atoms with van der Waals surface area (Å²) in [7, 11) is 1.72. The van der Waals surface area contributed by atoms with E-state index in [4.69, 9.17) is 4.74 Å². The molecule has 0 amide bonds. The van der Waals surface area contributed by atoms with Crippen molar-refractivity contribution in [2.45, 2.75) is 0 Å². The number of benzene rings is 11. The predicted molar refractivity (Wildman–Crippen MR) is 252 cm³/mol. The van der Waals surface area contributed by atoms with E-state index in [0.717, 1.165) is 22.8 Å². The molecule has 0 spiro atoms. The molecule has 11 aromatic carbocycles. The highest BCUT2D eigenvalue weighted by molar-refractivity contribution is 6.33. The molecule has 0 radical (unpaired) electrons. The lowest BCUT2D eigenvalue weighted by Crippen LogP contribution is -2.10. The van der Waals surface area contributed by atoms with Gasteiger partial charge in [-0.05, 0) is 130 Å². The summed E-state index contributed by atoms with van der Waals surface area (Å²) in [6.45, 7) is 0. The molecule has 0 aliphatic heterocycles. The fraction of sp³-hybridized carbons (Fsp3) is 0.0175. The average Bonchev–Trinajstić information content (AvgIpc) is 3.32. The first kappa shape index (κ1) is 34.6. The molecule has 0 saturated heterocycles. The Balaban J connectivity index is 1.29. The number of methoxy groups -OCH3 is 1. The van der Waals surface area contributed by atoms with E-state index in [9.17, 15) is 0 Å². The van der Waals surface area contributed by atoms with Crippen LogP contribution in [0.3, 0.4) is 0 Å². The molecule has 0 bridgehead atoms. The molecule has 0 fully saturated rings. The monoisotopic (exact) mass is 753 g/mol. The Morgan fingerprint density at radius 3 is 1.51 bits per heavy atom. The number of anilines is 3. The third-order valence-electron chi connectivity index (χ3n) is 11.9. The summed E-state index contributed by atoms with van der Waals surface area (Å²) in [5.74, 6) is 0.824. The second-order valence-corrected chi connectivity index (χ2v) is 15.2. The molecule has 2 nitrogen and oxygen atoms in total. The SMILES string of the molecule is COc1ccc(N(c2ccc3c(c2)c2ccccc2c2c(-c4ccccc4)cc(-c4ccccc4)c(-c4ccccc4)c32)c2cc3ccccc3c3ccccc23)cc1. The van der Waals surface area contributed by atoms with E-state index in [1.807, 2.05) is 0 Å². The maximum atomic E-state index is 5.65. The van der Waals surface area contributed by atoms with Crippen LogP contribution in [-0.4, -0.2) is 7.11 Å². The first-order valence-electron chi connectivity index (χ1n) is 20.2.